The molecule has 6 heteroatoms. The van der Waals surface area contributed by atoms with Gasteiger partial charge < -0.3 is 20.1 Å². The van der Waals surface area contributed by atoms with Crippen LogP contribution in [0, 0.1) is 0 Å². The van der Waals surface area contributed by atoms with Crippen molar-refractivity contribution in [1.82, 2.24) is 10.3 Å². The molecular weight excluding hydrogens is 378 g/mol. The molecule has 0 unspecified atom stereocenters. The highest BCUT2D eigenvalue weighted by Gasteiger charge is 2.11. The second-order valence-electron chi connectivity index (χ2n) is 6.77. The second-order valence-corrected chi connectivity index (χ2v) is 6.77. The van der Waals surface area contributed by atoms with E-state index in [2.05, 4.69) is 22.5 Å². The Labute approximate surface area is 177 Å². The first-order valence-electron chi connectivity index (χ1n) is 10.0. The van der Waals surface area contributed by atoms with Crippen LogP contribution in [0.1, 0.15) is 31.1 Å². The van der Waals surface area contributed by atoms with Gasteiger partial charge in [0.15, 0.2) is 18.1 Å². The standard InChI is InChI=1S/C24H27N3O3/c1-3-29-23-15-19(16-26-18(2)21-11-7-8-14-25-21)12-13-22(23)30-17-24(28)27-20-9-5-4-6-10-20/h4-15,18,26H,3,16-17H2,1-2H3,(H,27,28)/t18-/m0/s1. The molecule has 1 aromatic heterocycles. The lowest BCUT2D eigenvalue weighted by Gasteiger charge is -2.16. The number of rotatable bonds is 10. The fraction of sp³-hybridized carbons (Fsp3) is 0.250. The number of para-hydroxylation sites is 1. The smallest absolute Gasteiger partial charge is 0.262 e. The zero-order chi connectivity index (χ0) is 21.2. The van der Waals surface area contributed by atoms with Crippen molar-refractivity contribution in [2.24, 2.45) is 0 Å². The van der Waals surface area contributed by atoms with Crippen LogP contribution in [0.3, 0.4) is 0 Å². The highest BCUT2D eigenvalue weighted by atomic mass is 16.5. The topological polar surface area (TPSA) is 72.5 Å². The summed E-state index contributed by atoms with van der Waals surface area (Å²) < 4.78 is 11.4. The average molecular weight is 405 g/mol. The molecule has 0 bridgehead atoms. The van der Waals surface area contributed by atoms with Gasteiger partial charge in [-0.15, -0.1) is 0 Å². The molecule has 0 saturated heterocycles. The van der Waals surface area contributed by atoms with Gasteiger partial charge in [0, 0.05) is 24.5 Å². The lowest BCUT2D eigenvalue weighted by Crippen LogP contribution is -2.20. The first kappa shape index (κ1) is 21.3. The van der Waals surface area contributed by atoms with Gasteiger partial charge in [0.25, 0.3) is 5.91 Å². The normalized spacial score (nSPS) is 11.5. The Bertz CT molecular complexity index is 933. The first-order valence-corrected chi connectivity index (χ1v) is 10.0. The molecule has 2 aromatic carbocycles. The molecule has 30 heavy (non-hydrogen) atoms. The van der Waals surface area contributed by atoms with Crippen molar-refractivity contribution < 1.29 is 14.3 Å². The Morgan fingerprint density at radius 1 is 1.00 bits per heavy atom. The van der Waals surface area contributed by atoms with E-state index in [1.165, 1.54) is 0 Å². The van der Waals surface area contributed by atoms with Crippen molar-refractivity contribution in [3.05, 3.63) is 84.2 Å². The fourth-order valence-electron chi connectivity index (χ4n) is 2.92. The molecule has 0 spiro atoms. The number of hydrogen-bond donors (Lipinski definition) is 2. The summed E-state index contributed by atoms with van der Waals surface area (Å²) in [6, 6.07) is 21.0. The van der Waals surface area contributed by atoms with Gasteiger partial charge in [-0.05, 0) is 55.8 Å². The molecule has 0 saturated carbocycles. The summed E-state index contributed by atoms with van der Waals surface area (Å²) in [5.74, 6) is 0.940. The van der Waals surface area contributed by atoms with Gasteiger partial charge >= 0.3 is 0 Å². The maximum atomic E-state index is 12.1. The maximum Gasteiger partial charge on any atom is 0.262 e. The highest BCUT2D eigenvalue weighted by Crippen LogP contribution is 2.29. The van der Waals surface area contributed by atoms with E-state index in [4.69, 9.17) is 9.47 Å². The van der Waals surface area contributed by atoms with Crippen molar-refractivity contribution in [2.45, 2.75) is 26.4 Å². The van der Waals surface area contributed by atoms with E-state index >= 15 is 0 Å². The minimum absolute atomic E-state index is 0.0940. The van der Waals surface area contributed by atoms with Crippen LogP contribution in [0.5, 0.6) is 11.5 Å². The first-order chi connectivity index (χ1) is 14.7. The summed E-state index contributed by atoms with van der Waals surface area (Å²) in [5, 5.41) is 6.26. The maximum absolute atomic E-state index is 12.1. The zero-order valence-electron chi connectivity index (χ0n) is 17.3. The van der Waals surface area contributed by atoms with Crippen LogP contribution in [0.4, 0.5) is 5.69 Å². The predicted octanol–water partition coefficient (Wildman–Crippen LogP) is 4.35. The quantitative estimate of drug-likeness (QED) is 0.525. The van der Waals surface area contributed by atoms with Crippen LogP contribution in [0.25, 0.3) is 0 Å². The Morgan fingerprint density at radius 3 is 2.53 bits per heavy atom. The number of hydrogen-bond acceptors (Lipinski definition) is 5. The number of amides is 1. The lowest BCUT2D eigenvalue weighted by molar-refractivity contribution is -0.118. The molecule has 1 heterocycles. The van der Waals surface area contributed by atoms with Crippen molar-refractivity contribution in [3.63, 3.8) is 0 Å². The summed E-state index contributed by atoms with van der Waals surface area (Å²) in [4.78, 5) is 16.5. The Balaban J connectivity index is 1.58. The molecule has 2 N–H and O–H groups in total. The number of anilines is 1. The minimum Gasteiger partial charge on any atom is -0.490 e. The molecule has 0 fully saturated rings. The van der Waals surface area contributed by atoms with Gasteiger partial charge in [-0.1, -0.05) is 30.3 Å². The van der Waals surface area contributed by atoms with Gasteiger partial charge in [0.05, 0.1) is 12.3 Å². The molecular formula is C24H27N3O3. The monoisotopic (exact) mass is 405 g/mol. The van der Waals surface area contributed by atoms with E-state index in [-0.39, 0.29) is 18.6 Å². The third-order valence-electron chi connectivity index (χ3n) is 4.47. The Morgan fingerprint density at radius 2 is 1.80 bits per heavy atom. The van der Waals surface area contributed by atoms with E-state index in [9.17, 15) is 4.79 Å². The minimum atomic E-state index is -0.224. The van der Waals surface area contributed by atoms with Gasteiger partial charge in [-0.3, -0.25) is 9.78 Å². The zero-order valence-corrected chi connectivity index (χ0v) is 17.3. The van der Waals surface area contributed by atoms with Crippen molar-refractivity contribution >= 4 is 11.6 Å². The fourth-order valence-corrected chi connectivity index (χ4v) is 2.92. The molecule has 6 nitrogen and oxygen atoms in total. The van der Waals surface area contributed by atoms with Gasteiger partial charge in [0.1, 0.15) is 0 Å². The number of ether oxygens (including phenoxy) is 2. The summed E-state index contributed by atoms with van der Waals surface area (Å²) in [5.41, 5.74) is 2.79. The van der Waals surface area contributed by atoms with Crippen molar-refractivity contribution in [2.75, 3.05) is 18.5 Å². The van der Waals surface area contributed by atoms with Crippen LogP contribution in [-0.4, -0.2) is 24.1 Å². The van der Waals surface area contributed by atoms with Crippen LogP contribution < -0.4 is 20.1 Å². The number of carbonyl (C=O) groups is 1. The Hall–Kier alpha value is -3.38. The summed E-state index contributed by atoms with van der Waals surface area (Å²) in [6.45, 7) is 5.07. The van der Waals surface area contributed by atoms with E-state index in [1.54, 1.807) is 6.20 Å². The molecule has 0 aliphatic rings. The number of pyridine rings is 1. The predicted molar refractivity (Wildman–Crippen MR) is 118 cm³/mol. The van der Waals surface area contributed by atoms with Crippen LogP contribution in [-0.2, 0) is 11.3 Å². The number of nitrogens with one attached hydrogen (secondary N) is 2. The molecule has 0 aliphatic heterocycles. The van der Waals surface area contributed by atoms with Crippen LogP contribution in [0.15, 0.2) is 72.9 Å². The van der Waals surface area contributed by atoms with Gasteiger partial charge in [0.2, 0.25) is 0 Å². The number of benzene rings is 2. The molecule has 1 atom stereocenters. The van der Waals surface area contributed by atoms with E-state index in [1.807, 2.05) is 73.7 Å². The van der Waals surface area contributed by atoms with Crippen molar-refractivity contribution in [3.8, 4) is 11.5 Å². The molecule has 0 radical (unpaired) electrons. The van der Waals surface area contributed by atoms with Crippen molar-refractivity contribution in [1.29, 1.82) is 0 Å². The van der Waals surface area contributed by atoms with Gasteiger partial charge in [-0.2, -0.15) is 0 Å². The van der Waals surface area contributed by atoms with Crippen LogP contribution >= 0.6 is 0 Å². The molecule has 156 valence electrons. The number of carbonyl (C=O) groups excluding carboxylic acids is 1. The third-order valence-corrected chi connectivity index (χ3v) is 4.47. The highest BCUT2D eigenvalue weighted by molar-refractivity contribution is 5.91. The largest absolute Gasteiger partial charge is 0.490 e. The number of aromatic nitrogens is 1. The van der Waals surface area contributed by atoms with Crippen LogP contribution in [0.2, 0.25) is 0 Å². The number of nitrogens with zero attached hydrogens (tertiary/aromatic N) is 1. The SMILES string of the molecule is CCOc1cc(CN[C@@H](C)c2ccccn2)ccc1OCC(=O)Nc1ccccc1. The molecule has 3 aromatic rings. The average Bonchev–Trinajstić information content (AvgIpc) is 2.78. The third kappa shape index (κ3) is 6.32. The molecule has 3 rings (SSSR count). The Kier molecular flexibility index (Phi) is 7.80. The molecule has 1 amide bonds. The lowest BCUT2D eigenvalue weighted by atomic mass is 10.1. The summed E-state index contributed by atoms with van der Waals surface area (Å²) in [6.07, 6.45) is 1.79. The molecule has 0 aliphatic carbocycles. The van der Waals surface area contributed by atoms with E-state index < -0.39 is 0 Å². The van der Waals surface area contributed by atoms with E-state index in [0.717, 1.165) is 16.9 Å². The van der Waals surface area contributed by atoms with E-state index in [0.29, 0.717) is 24.7 Å². The summed E-state index contributed by atoms with van der Waals surface area (Å²) >= 11 is 0. The summed E-state index contributed by atoms with van der Waals surface area (Å²) in [7, 11) is 0. The van der Waals surface area contributed by atoms with Gasteiger partial charge in [-0.25, -0.2) is 0 Å². The second kappa shape index (κ2) is 11.0.